The highest BCUT2D eigenvalue weighted by molar-refractivity contribution is 7.89. The lowest BCUT2D eigenvalue weighted by Crippen LogP contribution is -2.47. The molecule has 1 aliphatic rings. The van der Waals surface area contributed by atoms with Crippen LogP contribution in [0.3, 0.4) is 0 Å². The van der Waals surface area contributed by atoms with Crippen molar-refractivity contribution in [3.63, 3.8) is 0 Å². The number of hydrogen-bond acceptors (Lipinski definition) is 4. The topological polar surface area (TPSA) is 58.6 Å². The number of ether oxygens (including phenoxy) is 1. The molecule has 1 fully saturated rings. The van der Waals surface area contributed by atoms with Crippen molar-refractivity contribution in [3.8, 4) is 0 Å². The summed E-state index contributed by atoms with van der Waals surface area (Å²) in [5.41, 5.74) is 0. The zero-order chi connectivity index (χ0) is 15.5. The van der Waals surface area contributed by atoms with Crippen LogP contribution in [-0.4, -0.2) is 52.2 Å². The van der Waals surface area contributed by atoms with Crippen molar-refractivity contribution in [1.82, 2.24) is 9.62 Å². The molecule has 0 radical (unpaired) electrons. The molecule has 1 N–H and O–H groups in total. The van der Waals surface area contributed by atoms with Crippen LogP contribution in [0, 0.1) is 5.82 Å². The van der Waals surface area contributed by atoms with Crippen LogP contribution in [0.4, 0.5) is 4.39 Å². The molecule has 0 amide bonds. The summed E-state index contributed by atoms with van der Waals surface area (Å²) in [5.74, 6) is -0.641. The van der Waals surface area contributed by atoms with Gasteiger partial charge in [0.25, 0.3) is 0 Å². The molecule has 21 heavy (non-hydrogen) atoms. The lowest BCUT2D eigenvalue weighted by atomic mass is 10.2. The van der Waals surface area contributed by atoms with Crippen LogP contribution in [0.2, 0.25) is 5.02 Å². The van der Waals surface area contributed by atoms with E-state index in [9.17, 15) is 12.8 Å². The first-order valence-electron chi connectivity index (χ1n) is 6.66. The minimum atomic E-state index is -3.69. The number of benzene rings is 1. The Bertz CT molecular complexity index is 591. The van der Waals surface area contributed by atoms with Gasteiger partial charge >= 0.3 is 0 Å². The first-order chi connectivity index (χ1) is 9.90. The van der Waals surface area contributed by atoms with Crippen molar-refractivity contribution in [2.75, 3.05) is 32.8 Å². The lowest BCUT2D eigenvalue weighted by molar-refractivity contribution is 0.0213. The Hall–Kier alpha value is -0.730. The van der Waals surface area contributed by atoms with Gasteiger partial charge in [-0.05, 0) is 25.1 Å². The number of rotatable bonds is 5. The Balaban J connectivity index is 1.98. The maximum Gasteiger partial charge on any atom is 0.240 e. The molecule has 5 nitrogen and oxygen atoms in total. The fourth-order valence-corrected chi connectivity index (χ4v) is 3.50. The van der Waals surface area contributed by atoms with E-state index in [4.69, 9.17) is 16.3 Å². The summed E-state index contributed by atoms with van der Waals surface area (Å²) in [7, 11) is -3.69. The van der Waals surface area contributed by atoms with Crippen LogP contribution in [0.15, 0.2) is 23.1 Å². The van der Waals surface area contributed by atoms with E-state index in [1.807, 2.05) is 6.92 Å². The average molecular weight is 337 g/mol. The monoisotopic (exact) mass is 336 g/mol. The number of morpholine rings is 1. The zero-order valence-corrected chi connectivity index (χ0v) is 13.3. The third kappa shape index (κ3) is 4.37. The molecular weight excluding hydrogens is 319 g/mol. The van der Waals surface area contributed by atoms with Crippen molar-refractivity contribution in [3.05, 3.63) is 29.0 Å². The first-order valence-corrected chi connectivity index (χ1v) is 8.53. The Morgan fingerprint density at radius 2 is 2.10 bits per heavy atom. The van der Waals surface area contributed by atoms with Gasteiger partial charge in [0.05, 0.1) is 23.1 Å². The summed E-state index contributed by atoms with van der Waals surface area (Å²) in [4.78, 5) is 2.12. The quantitative estimate of drug-likeness (QED) is 0.885. The molecule has 2 rings (SSSR count). The Morgan fingerprint density at radius 1 is 1.43 bits per heavy atom. The smallest absolute Gasteiger partial charge is 0.240 e. The predicted molar refractivity (Wildman–Crippen MR) is 78.5 cm³/mol. The number of hydrogen-bond donors (Lipinski definition) is 1. The van der Waals surface area contributed by atoms with Crippen molar-refractivity contribution < 1.29 is 17.5 Å². The second-order valence-electron chi connectivity index (χ2n) is 4.93. The van der Waals surface area contributed by atoms with Crippen LogP contribution in [0.5, 0.6) is 0 Å². The van der Waals surface area contributed by atoms with Crippen molar-refractivity contribution in [2.24, 2.45) is 0 Å². The van der Waals surface area contributed by atoms with E-state index in [1.54, 1.807) is 0 Å². The molecular formula is C13H18ClFN2O3S. The number of nitrogens with zero attached hydrogens (tertiary/aromatic N) is 1. The Morgan fingerprint density at radius 3 is 2.71 bits per heavy atom. The summed E-state index contributed by atoms with van der Waals surface area (Å²) >= 11 is 5.61. The molecule has 1 atom stereocenters. The van der Waals surface area contributed by atoms with Crippen molar-refractivity contribution in [1.29, 1.82) is 0 Å². The average Bonchev–Trinajstić information content (AvgIpc) is 2.48. The van der Waals surface area contributed by atoms with Gasteiger partial charge in [-0.15, -0.1) is 0 Å². The summed E-state index contributed by atoms with van der Waals surface area (Å²) < 4.78 is 45.2. The van der Waals surface area contributed by atoms with Crippen LogP contribution >= 0.6 is 11.6 Å². The third-order valence-electron chi connectivity index (χ3n) is 3.44. The van der Waals surface area contributed by atoms with Crippen LogP contribution in [-0.2, 0) is 14.8 Å². The Kier molecular flexibility index (Phi) is 5.56. The molecule has 1 aliphatic heterocycles. The highest BCUT2D eigenvalue weighted by atomic mass is 35.5. The fourth-order valence-electron chi connectivity index (χ4n) is 2.11. The Labute approximate surface area is 129 Å². The standard InChI is InChI=1S/C13H18ClFN2O3S/c1-10(17-4-6-20-7-5-17)9-16-21(18,19)11-2-3-13(15)12(14)8-11/h2-3,8,10,16H,4-7,9H2,1H3/t10-/m1/s1. The van der Waals surface area contributed by atoms with E-state index in [2.05, 4.69) is 9.62 Å². The molecule has 118 valence electrons. The molecule has 0 saturated carbocycles. The second-order valence-corrected chi connectivity index (χ2v) is 7.10. The summed E-state index contributed by atoms with van der Waals surface area (Å²) in [6.45, 7) is 5.11. The number of nitrogens with one attached hydrogen (secondary N) is 1. The van der Waals surface area contributed by atoms with Gasteiger partial charge in [0, 0.05) is 25.7 Å². The number of halogens is 2. The van der Waals surface area contributed by atoms with Gasteiger partial charge in [0.2, 0.25) is 10.0 Å². The largest absolute Gasteiger partial charge is 0.379 e. The molecule has 0 spiro atoms. The van der Waals surface area contributed by atoms with E-state index >= 15 is 0 Å². The SMILES string of the molecule is C[C@H](CNS(=O)(=O)c1ccc(F)c(Cl)c1)N1CCOCC1. The van der Waals surface area contributed by atoms with Gasteiger partial charge in [0.1, 0.15) is 5.82 Å². The lowest BCUT2D eigenvalue weighted by Gasteiger charge is -2.32. The molecule has 1 aromatic carbocycles. The van der Waals surface area contributed by atoms with Gasteiger partial charge in [-0.2, -0.15) is 0 Å². The first kappa shape index (κ1) is 16.6. The predicted octanol–water partition coefficient (Wildman–Crippen LogP) is 1.48. The van der Waals surface area contributed by atoms with E-state index in [-0.39, 0.29) is 22.5 Å². The number of sulfonamides is 1. The van der Waals surface area contributed by atoms with E-state index in [0.29, 0.717) is 13.2 Å². The van der Waals surface area contributed by atoms with Gasteiger partial charge in [-0.25, -0.2) is 17.5 Å². The minimum Gasteiger partial charge on any atom is -0.379 e. The third-order valence-corrected chi connectivity index (χ3v) is 5.15. The normalized spacial score (nSPS) is 18.6. The minimum absolute atomic E-state index is 0.0388. The maximum atomic E-state index is 13.1. The second kappa shape index (κ2) is 7.02. The van der Waals surface area contributed by atoms with E-state index in [1.165, 1.54) is 6.07 Å². The maximum absolute atomic E-state index is 13.1. The van der Waals surface area contributed by atoms with E-state index < -0.39 is 15.8 Å². The van der Waals surface area contributed by atoms with Gasteiger partial charge in [-0.3, -0.25) is 4.90 Å². The molecule has 1 saturated heterocycles. The molecule has 0 aliphatic carbocycles. The van der Waals surface area contributed by atoms with Crippen LogP contribution in [0.25, 0.3) is 0 Å². The summed E-state index contributed by atoms with van der Waals surface area (Å²) in [5, 5.41) is -0.209. The molecule has 0 aromatic heterocycles. The molecule has 8 heteroatoms. The highest BCUT2D eigenvalue weighted by Crippen LogP contribution is 2.19. The molecule has 0 unspecified atom stereocenters. The van der Waals surface area contributed by atoms with Gasteiger partial charge < -0.3 is 4.74 Å². The molecule has 1 heterocycles. The van der Waals surface area contributed by atoms with Crippen LogP contribution < -0.4 is 4.72 Å². The molecule has 0 bridgehead atoms. The summed E-state index contributed by atoms with van der Waals surface area (Å²) in [6, 6.07) is 3.41. The van der Waals surface area contributed by atoms with E-state index in [0.717, 1.165) is 25.2 Å². The highest BCUT2D eigenvalue weighted by Gasteiger charge is 2.21. The zero-order valence-electron chi connectivity index (χ0n) is 11.7. The fraction of sp³-hybridized carbons (Fsp3) is 0.538. The van der Waals surface area contributed by atoms with Gasteiger partial charge in [-0.1, -0.05) is 11.6 Å². The summed E-state index contributed by atoms with van der Waals surface area (Å²) in [6.07, 6.45) is 0. The van der Waals surface area contributed by atoms with Crippen LogP contribution in [0.1, 0.15) is 6.92 Å². The van der Waals surface area contributed by atoms with Gasteiger partial charge in [0.15, 0.2) is 0 Å². The van der Waals surface area contributed by atoms with Crippen molar-refractivity contribution in [2.45, 2.75) is 17.9 Å². The van der Waals surface area contributed by atoms with Crippen molar-refractivity contribution >= 4 is 21.6 Å². The molecule has 1 aromatic rings.